The van der Waals surface area contributed by atoms with Gasteiger partial charge in [-0.1, -0.05) is 30.6 Å². The molecule has 1 aliphatic rings. The van der Waals surface area contributed by atoms with E-state index in [2.05, 4.69) is 15.0 Å². The summed E-state index contributed by atoms with van der Waals surface area (Å²) in [6.07, 6.45) is 0. The van der Waals surface area contributed by atoms with Crippen molar-refractivity contribution in [2.45, 2.75) is 20.4 Å². The molecule has 0 aliphatic carbocycles. The summed E-state index contributed by atoms with van der Waals surface area (Å²) >= 11 is 5.89. The number of hydrogen-bond donors (Lipinski definition) is 0. The molecule has 2 heterocycles. The summed E-state index contributed by atoms with van der Waals surface area (Å²) in [5.74, 6) is 1.03. The van der Waals surface area contributed by atoms with Crippen LogP contribution in [0.5, 0.6) is 0 Å². The Morgan fingerprint density at radius 2 is 1.74 bits per heavy atom. The van der Waals surface area contributed by atoms with Crippen LogP contribution >= 0.6 is 11.6 Å². The Labute approximate surface area is 164 Å². The van der Waals surface area contributed by atoms with Crippen molar-refractivity contribution >= 4 is 21.8 Å². The van der Waals surface area contributed by atoms with Gasteiger partial charge in [0.2, 0.25) is 11.7 Å². The highest BCUT2D eigenvalue weighted by Gasteiger charge is 2.31. The summed E-state index contributed by atoms with van der Waals surface area (Å²) in [6.45, 7) is 7.32. The molecule has 1 fully saturated rings. The van der Waals surface area contributed by atoms with Gasteiger partial charge in [0.1, 0.15) is 0 Å². The van der Waals surface area contributed by atoms with Crippen LogP contribution < -0.4 is 0 Å². The zero-order chi connectivity index (χ0) is 19.4. The summed E-state index contributed by atoms with van der Waals surface area (Å²) in [5.41, 5.74) is 0.838. The Balaban J connectivity index is 1.58. The van der Waals surface area contributed by atoms with Crippen LogP contribution in [0.2, 0.25) is 5.02 Å². The minimum Gasteiger partial charge on any atom is -0.338 e. The van der Waals surface area contributed by atoms with Crippen LogP contribution in [0, 0.1) is 0 Å². The second-order valence-corrected chi connectivity index (χ2v) is 8.65. The van der Waals surface area contributed by atoms with E-state index < -0.39 is 10.2 Å². The first-order valence-corrected chi connectivity index (χ1v) is 10.8. The summed E-state index contributed by atoms with van der Waals surface area (Å²) in [6, 6.07) is 7.24. The average Bonchev–Trinajstić information content (AvgIpc) is 3.12. The third kappa shape index (κ3) is 4.67. The Morgan fingerprint density at radius 3 is 2.33 bits per heavy atom. The van der Waals surface area contributed by atoms with Crippen molar-refractivity contribution in [3.05, 3.63) is 35.2 Å². The molecule has 1 aromatic carbocycles. The standard InChI is InChI=1S/C17H24ClN5O3S/c1-3-22(4-2)27(24,25)23-11-9-21(10-12-23)13-16-19-17(20-26-16)14-5-7-15(18)8-6-14/h5-8H,3-4,9-13H2,1-2H3. The van der Waals surface area contributed by atoms with Crippen molar-refractivity contribution in [2.24, 2.45) is 0 Å². The van der Waals surface area contributed by atoms with Gasteiger partial charge in [-0.15, -0.1) is 0 Å². The van der Waals surface area contributed by atoms with Gasteiger partial charge in [0.15, 0.2) is 0 Å². The summed E-state index contributed by atoms with van der Waals surface area (Å²) in [5, 5.41) is 4.67. The van der Waals surface area contributed by atoms with Gasteiger partial charge < -0.3 is 4.52 Å². The summed E-state index contributed by atoms with van der Waals surface area (Å²) < 4.78 is 33.5. The maximum atomic E-state index is 12.6. The molecule has 10 heteroatoms. The summed E-state index contributed by atoms with van der Waals surface area (Å²) in [7, 11) is -3.38. The van der Waals surface area contributed by atoms with E-state index in [9.17, 15) is 8.42 Å². The first kappa shape index (κ1) is 20.2. The van der Waals surface area contributed by atoms with Gasteiger partial charge in [-0.2, -0.15) is 22.0 Å². The van der Waals surface area contributed by atoms with Crippen LogP contribution in [0.15, 0.2) is 28.8 Å². The SMILES string of the molecule is CCN(CC)S(=O)(=O)N1CCN(Cc2nc(-c3ccc(Cl)cc3)no2)CC1. The van der Waals surface area contributed by atoms with E-state index in [1.54, 1.807) is 16.4 Å². The maximum absolute atomic E-state index is 12.6. The van der Waals surface area contributed by atoms with E-state index in [0.29, 0.717) is 62.6 Å². The highest BCUT2D eigenvalue weighted by Crippen LogP contribution is 2.19. The fourth-order valence-electron chi connectivity index (χ4n) is 3.06. The van der Waals surface area contributed by atoms with Gasteiger partial charge in [-0.3, -0.25) is 4.90 Å². The minimum atomic E-state index is -3.38. The highest BCUT2D eigenvalue weighted by molar-refractivity contribution is 7.86. The number of hydrogen-bond acceptors (Lipinski definition) is 6. The first-order chi connectivity index (χ1) is 12.9. The zero-order valence-electron chi connectivity index (χ0n) is 15.5. The summed E-state index contributed by atoms with van der Waals surface area (Å²) in [4.78, 5) is 6.54. The molecule has 1 aliphatic heterocycles. The molecule has 0 spiro atoms. The van der Waals surface area contributed by atoms with Crippen molar-refractivity contribution < 1.29 is 12.9 Å². The topological polar surface area (TPSA) is 82.8 Å². The third-order valence-electron chi connectivity index (χ3n) is 4.62. The van der Waals surface area contributed by atoms with Crippen molar-refractivity contribution in [1.82, 2.24) is 23.7 Å². The fourth-order valence-corrected chi connectivity index (χ4v) is 4.79. The number of nitrogens with zero attached hydrogens (tertiary/aromatic N) is 5. The third-order valence-corrected chi connectivity index (χ3v) is 7.06. The Kier molecular flexibility index (Phi) is 6.48. The smallest absolute Gasteiger partial charge is 0.282 e. The second-order valence-electron chi connectivity index (χ2n) is 6.29. The molecule has 27 heavy (non-hydrogen) atoms. The molecular formula is C17H24ClN5O3S. The zero-order valence-corrected chi connectivity index (χ0v) is 17.1. The molecule has 8 nitrogen and oxygen atoms in total. The molecule has 148 valence electrons. The molecule has 0 saturated carbocycles. The lowest BCUT2D eigenvalue weighted by molar-refractivity contribution is 0.158. The Bertz CT molecular complexity index is 844. The molecular weight excluding hydrogens is 390 g/mol. The first-order valence-electron chi connectivity index (χ1n) is 9.00. The average molecular weight is 414 g/mol. The van der Waals surface area contributed by atoms with E-state index in [-0.39, 0.29) is 0 Å². The molecule has 2 aromatic rings. The van der Waals surface area contributed by atoms with Gasteiger partial charge >= 0.3 is 0 Å². The predicted molar refractivity (Wildman–Crippen MR) is 103 cm³/mol. The maximum Gasteiger partial charge on any atom is 0.282 e. The predicted octanol–water partition coefficient (Wildman–Crippen LogP) is 2.09. The normalized spacial score (nSPS) is 16.9. The number of aromatic nitrogens is 2. The molecule has 0 bridgehead atoms. The van der Waals surface area contributed by atoms with E-state index in [4.69, 9.17) is 16.1 Å². The molecule has 1 saturated heterocycles. The molecule has 0 radical (unpaired) electrons. The van der Waals surface area contributed by atoms with Crippen molar-refractivity contribution in [3.63, 3.8) is 0 Å². The van der Waals surface area contributed by atoms with Crippen LogP contribution in [-0.2, 0) is 16.8 Å². The number of benzene rings is 1. The van der Waals surface area contributed by atoms with E-state index in [0.717, 1.165) is 5.56 Å². The molecule has 0 atom stereocenters. The van der Waals surface area contributed by atoms with Crippen molar-refractivity contribution in [2.75, 3.05) is 39.3 Å². The molecule has 0 unspecified atom stereocenters. The van der Waals surface area contributed by atoms with Crippen LogP contribution in [0.25, 0.3) is 11.4 Å². The molecule has 3 rings (SSSR count). The van der Waals surface area contributed by atoms with E-state index in [1.165, 1.54) is 4.31 Å². The lowest BCUT2D eigenvalue weighted by Crippen LogP contribution is -2.52. The minimum absolute atomic E-state index is 0.455. The van der Waals surface area contributed by atoms with E-state index >= 15 is 0 Å². The number of rotatable bonds is 7. The van der Waals surface area contributed by atoms with E-state index in [1.807, 2.05) is 26.0 Å². The van der Waals surface area contributed by atoms with Crippen LogP contribution in [0.4, 0.5) is 0 Å². The lowest BCUT2D eigenvalue weighted by atomic mass is 10.2. The second kappa shape index (κ2) is 8.66. The van der Waals surface area contributed by atoms with Crippen molar-refractivity contribution in [1.29, 1.82) is 0 Å². The highest BCUT2D eigenvalue weighted by atomic mass is 35.5. The Morgan fingerprint density at radius 1 is 1.11 bits per heavy atom. The van der Waals surface area contributed by atoms with Gasteiger partial charge in [0, 0.05) is 49.9 Å². The number of halogens is 1. The monoisotopic (exact) mass is 413 g/mol. The van der Waals surface area contributed by atoms with Crippen molar-refractivity contribution in [3.8, 4) is 11.4 Å². The molecule has 0 N–H and O–H groups in total. The van der Waals surface area contributed by atoms with Crippen LogP contribution in [-0.4, -0.2) is 71.3 Å². The number of piperazine rings is 1. The largest absolute Gasteiger partial charge is 0.338 e. The van der Waals surface area contributed by atoms with Gasteiger partial charge in [-0.25, -0.2) is 0 Å². The molecule has 0 amide bonds. The quantitative estimate of drug-likeness (QED) is 0.691. The van der Waals surface area contributed by atoms with Gasteiger partial charge in [0.05, 0.1) is 6.54 Å². The molecule has 1 aromatic heterocycles. The Hall–Kier alpha value is -1.52. The fraction of sp³-hybridized carbons (Fsp3) is 0.529. The van der Waals surface area contributed by atoms with Crippen LogP contribution in [0.1, 0.15) is 19.7 Å². The van der Waals surface area contributed by atoms with Crippen LogP contribution in [0.3, 0.4) is 0 Å². The van der Waals surface area contributed by atoms with Gasteiger partial charge in [0.25, 0.3) is 10.2 Å². The lowest BCUT2D eigenvalue weighted by Gasteiger charge is -2.35. The van der Waals surface area contributed by atoms with Gasteiger partial charge in [-0.05, 0) is 24.3 Å².